The first kappa shape index (κ1) is 14.5. The molecule has 112 valence electrons. The van der Waals surface area contributed by atoms with Crippen LogP contribution in [0.15, 0.2) is 47.4 Å². The van der Waals surface area contributed by atoms with Crippen LogP contribution in [0.25, 0.3) is 10.8 Å². The van der Waals surface area contributed by atoms with Gasteiger partial charge in [-0.15, -0.1) is 0 Å². The van der Waals surface area contributed by atoms with Gasteiger partial charge in [-0.05, 0) is 48.1 Å². The van der Waals surface area contributed by atoms with Gasteiger partial charge < -0.3 is 5.73 Å². The lowest BCUT2D eigenvalue weighted by Gasteiger charge is -2.15. The number of fused-ring (bicyclic) bond motifs is 1. The van der Waals surface area contributed by atoms with Gasteiger partial charge in [0.15, 0.2) is 9.84 Å². The maximum atomic E-state index is 12.5. The standard InChI is InChI=1S/C17H21NO2S/c18-17-7-3-6-14(17)10-11-21(19,20)16-9-8-13-4-1-2-5-15(13)12-16/h1-2,4-5,8-9,12,14,17H,3,6-7,10-11,18H2. The van der Waals surface area contributed by atoms with Crippen molar-refractivity contribution in [1.29, 1.82) is 0 Å². The quantitative estimate of drug-likeness (QED) is 0.944. The van der Waals surface area contributed by atoms with E-state index in [4.69, 9.17) is 5.73 Å². The molecule has 1 saturated carbocycles. The summed E-state index contributed by atoms with van der Waals surface area (Å²) in [6, 6.07) is 13.4. The Morgan fingerprint density at radius 3 is 2.52 bits per heavy atom. The number of hydrogen-bond donors (Lipinski definition) is 1. The molecule has 1 aliphatic rings. The van der Waals surface area contributed by atoms with Crippen molar-refractivity contribution in [3.63, 3.8) is 0 Å². The molecule has 2 atom stereocenters. The highest BCUT2D eigenvalue weighted by Crippen LogP contribution is 2.28. The summed E-state index contributed by atoms with van der Waals surface area (Å²) in [6.07, 6.45) is 3.90. The van der Waals surface area contributed by atoms with E-state index in [0.717, 1.165) is 30.0 Å². The second-order valence-electron chi connectivity index (χ2n) is 5.97. The normalized spacial score (nSPS) is 22.7. The molecule has 2 unspecified atom stereocenters. The van der Waals surface area contributed by atoms with Crippen molar-refractivity contribution in [3.05, 3.63) is 42.5 Å². The molecule has 0 spiro atoms. The largest absolute Gasteiger partial charge is 0.327 e. The van der Waals surface area contributed by atoms with Crippen molar-refractivity contribution >= 4 is 20.6 Å². The topological polar surface area (TPSA) is 60.2 Å². The molecule has 3 rings (SSSR count). The number of benzene rings is 2. The predicted molar refractivity (Wildman–Crippen MR) is 85.9 cm³/mol. The van der Waals surface area contributed by atoms with Gasteiger partial charge in [0.25, 0.3) is 0 Å². The van der Waals surface area contributed by atoms with Gasteiger partial charge in [0.2, 0.25) is 0 Å². The van der Waals surface area contributed by atoms with E-state index < -0.39 is 9.84 Å². The van der Waals surface area contributed by atoms with E-state index >= 15 is 0 Å². The SMILES string of the molecule is NC1CCCC1CCS(=O)(=O)c1ccc2ccccc2c1. The summed E-state index contributed by atoms with van der Waals surface area (Å²) in [6.45, 7) is 0. The Kier molecular flexibility index (Phi) is 4.00. The zero-order chi connectivity index (χ0) is 14.9. The Bertz CT molecular complexity index is 739. The lowest BCUT2D eigenvalue weighted by molar-refractivity contribution is 0.464. The van der Waals surface area contributed by atoms with E-state index in [2.05, 4.69) is 0 Å². The van der Waals surface area contributed by atoms with Crippen molar-refractivity contribution < 1.29 is 8.42 Å². The van der Waals surface area contributed by atoms with Crippen molar-refractivity contribution in [3.8, 4) is 0 Å². The van der Waals surface area contributed by atoms with Gasteiger partial charge in [0.05, 0.1) is 10.6 Å². The molecule has 0 radical (unpaired) electrons. The van der Waals surface area contributed by atoms with Crippen LogP contribution in [0.5, 0.6) is 0 Å². The Labute approximate surface area is 126 Å². The van der Waals surface area contributed by atoms with Gasteiger partial charge in [-0.1, -0.05) is 36.8 Å². The lowest BCUT2D eigenvalue weighted by Crippen LogP contribution is -2.26. The Morgan fingerprint density at radius 1 is 1.05 bits per heavy atom. The summed E-state index contributed by atoms with van der Waals surface area (Å²) >= 11 is 0. The van der Waals surface area contributed by atoms with Crippen LogP contribution in [0.4, 0.5) is 0 Å². The summed E-state index contributed by atoms with van der Waals surface area (Å²) < 4.78 is 25.0. The van der Waals surface area contributed by atoms with Crippen molar-refractivity contribution in [2.75, 3.05) is 5.75 Å². The molecule has 0 aliphatic heterocycles. The first-order valence-corrected chi connectivity index (χ1v) is 9.19. The molecule has 0 bridgehead atoms. The molecule has 0 heterocycles. The Morgan fingerprint density at radius 2 is 1.81 bits per heavy atom. The molecular formula is C17H21NO2S. The van der Waals surface area contributed by atoms with Gasteiger partial charge >= 0.3 is 0 Å². The molecule has 0 saturated heterocycles. The third-order valence-corrected chi connectivity index (χ3v) is 6.30. The minimum Gasteiger partial charge on any atom is -0.327 e. The third-order valence-electron chi connectivity index (χ3n) is 4.56. The molecule has 0 aromatic heterocycles. The summed E-state index contributed by atoms with van der Waals surface area (Å²) in [7, 11) is -3.22. The smallest absolute Gasteiger partial charge is 0.178 e. The van der Waals surface area contributed by atoms with Gasteiger partial charge in [0.1, 0.15) is 0 Å². The highest BCUT2D eigenvalue weighted by molar-refractivity contribution is 7.91. The highest BCUT2D eigenvalue weighted by atomic mass is 32.2. The minimum absolute atomic E-state index is 0.178. The molecule has 1 fully saturated rings. The van der Waals surface area contributed by atoms with Gasteiger partial charge in [-0.3, -0.25) is 0 Å². The number of hydrogen-bond acceptors (Lipinski definition) is 3. The Balaban J connectivity index is 1.79. The summed E-state index contributed by atoms with van der Waals surface area (Å²) in [5.74, 6) is 0.559. The molecule has 4 heteroatoms. The van der Waals surface area contributed by atoms with Crippen molar-refractivity contribution in [1.82, 2.24) is 0 Å². The van der Waals surface area contributed by atoms with Crippen LogP contribution in [0, 0.1) is 5.92 Å². The minimum atomic E-state index is -3.22. The van der Waals surface area contributed by atoms with Crippen molar-refractivity contribution in [2.45, 2.75) is 36.6 Å². The third kappa shape index (κ3) is 3.11. The van der Waals surface area contributed by atoms with Gasteiger partial charge in [-0.25, -0.2) is 8.42 Å². The highest BCUT2D eigenvalue weighted by Gasteiger charge is 2.26. The number of rotatable bonds is 4. The fourth-order valence-corrected chi connectivity index (χ4v) is 4.64. The second-order valence-corrected chi connectivity index (χ2v) is 8.08. The molecule has 2 N–H and O–H groups in total. The molecule has 3 nitrogen and oxygen atoms in total. The van der Waals surface area contributed by atoms with Crippen LogP contribution in [0.3, 0.4) is 0 Å². The second kappa shape index (κ2) is 5.78. The van der Waals surface area contributed by atoms with Crippen molar-refractivity contribution in [2.24, 2.45) is 11.7 Å². The van der Waals surface area contributed by atoms with E-state index in [-0.39, 0.29) is 11.8 Å². The maximum absolute atomic E-state index is 12.5. The monoisotopic (exact) mass is 303 g/mol. The summed E-state index contributed by atoms with van der Waals surface area (Å²) in [5, 5.41) is 2.03. The molecule has 1 aliphatic carbocycles. The summed E-state index contributed by atoms with van der Waals surface area (Å²) in [4.78, 5) is 0.424. The molecule has 21 heavy (non-hydrogen) atoms. The average molecular weight is 303 g/mol. The molecule has 0 amide bonds. The fourth-order valence-electron chi connectivity index (χ4n) is 3.21. The van der Waals surface area contributed by atoms with E-state index in [1.807, 2.05) is 30.3 Å². The van der Waals surface area contributed by atoms with E-state index in [1.54, 1.807) is 12.1 Å². The van der Waals surface area contributed by atoms with Crippen LogP contribution in [0.1, 0.15) is 25.7 Å². The zero-order valence-corrected chi connectivity index (χ0v) is 12.9. The van der Waals surface area contributed by atoms with Gasteiger partial charge in [0, 0.05) is 6.04 Å². The van der Waals surface area contributed by atoms with Crippen LogP contribution in [0.2, 0.25) is 0 Å². The zero-order valence-electron chi connectivity index (χ0n) is 12.0. The number of nitrogens with two attached hydrogens (primary N) is 1. The van der Waals surface area contributed by atoms with Crippen LogP contribution >= 0.6 is 0 Å². The average Bonchev–Trinajstić information content (AvgIpc) is 2.90. The fraction of sp³-hybridized carbons (Fsp3) is 0.412. The lowest BCUT2D eigenvalue weighted by atomic mass is 10.0. The molecule has 2 aromatic carbocycles. The van der Waals surface area contributed by atoms with E-state index in [9.17, 15) is 8.42 Å². The molecular weight excluding hydrogens is 282 g/mol. The van der Waals surface area contributed by atoms with Crippen LogP contribution in [-0.2, 0) is 9.84 Å². The maximum Gasteiger partial charge on any atom is 0.178 e. The number of sulfone groups is 1. The summed E-state index contributed by atoms with van der Waals surface area (Å²) in [5.41, 5.74) is 6.03. The van der Waals surface area contributed by atoms with Gasteiger partial charge in [-0.2, -0.15) is 0 Å². The van der Waals surface area contributed by atoms with E-state index in [1.165, 1.54) is 0 Å². The predicted octanol–water partition coefficient (Wildman–Crippen LogP) is 3.13. The first-order valence-electron chi connectivity index (χ1n) is 7.53. The molecule has 2 aromatic rings. The van der Waals surface area contributed by atoms with E-state index in [0.29, 0.717) is 17.2 Å². The van der Waals surface area contributed by atoms with Crippen LogP contribution < -0.4 is 5.73 Å². The van der Waals surface area contributed by atoms with Crippen LogP contribution in [-0.4, -0.2) is 20.2 Å². The Hall–Kier alpha value is -1.39. The first-order chi connectivity index (χ1) is 10.1.